The molecule has 0 radical (unpaired) electrons. The molecule has 0 amide bonds. The Balaban J connectivity index is 0.000000233. The number of rotatable bonds is 1. The van der Waals surface area contributed by atoms with Crippen molar-refractivity contribution < 1.29 is 0 Å². The van der Waals surface area contributed by atoms with Crippen LogP contribution >= 0.6 is 11.3 Å². The van der Waals surface area contributed by atoms with E-state index in [0.29, 0.717) is 22.8 Å². The van der Waals surface area contributed by atoms with Gasteiger partial charge in [-0.3, -0.25) is 0 Å². The maximum atomic E-state index is 8.93. The molecule has 3 aromatic rings. The summed E-state index contributed by atoms with van der Waals surface area (Å²) >= 11 is 1.43. The zero-order valence-corrected chi connectivity index (χ0v) is 14.3. The van der Waals surface area contributed by atoms with Crippen LogP contribution in [-0.2, 0) is 0 Å². The molecule has 1 aromatic carbocycles. The third kappa shape index (κ3) is 2.86. The molecule has 2 aliphatic rings. The number of thiophene rings is 1. The van der Waals surface area contributed by atoms with Crippen molar-refractivity contribution >= 4 is 27.4 Å². The van der Waals surface area contributed by atoms with E-state index < -0.39 is 0 Å². The molecule has 122 valence electrons. The van der Waals surface area contributed by atoms with Crippen molar-refractivity contribution in [2.24, 2.45) is 0 Å². The Labute approximate surface area is 153 Å². The number of fused-ring (bicyclic) bond motifs is 2. The number of nitrogen functional groups attached to an aromatic ring is 1. The SMILES string of the molecule is C#Cc1csc2nc(-c3cccc(C#N)c3)nc(N)c12.c1cc2nc-2c1. The third-order valence-electron chi connectivity index (χ3n) is 3.83. The highest BCUT2D eigenvalue weighted by Crippen LogP contribution is 2.30. The zero-order valence-electron chi connectivity index (χ0n) is 13.5. The molecular weight excluding hydrogens is 342 g/mol. The van der Waals surface area contributed by atoms with Crippen LogP contribution in [0.5, 0.6) is 0 Å². The van der Waals surface area contributed by atoms with Crippen LogP contribution in [0.1, 0.15) is 11.1 Å². The molecule has 0 saturated heterocycles. The Hall–Kier alpha value is -3.74. The first-order valence-electron chi connectivity index (χ1n) is 7.69. The highest BCUT2D eigenvalue weighted by atomic mass is 32.1. The minimum Gasteiger partial charge on any atom is -0.383 e. The average Bonchev–Trinajstić information content (AvgIpc) is 3.07. The van der Waals surface area contributed by atoms with E-state index in [9.17, 15) is 0 Å². The van der Waals surface area contributed by atoms with Gasteiger partial charge in [0.1, 0.15) is 10.6 Å². The third-order valence-corrected chi connectivity index (χ3v) is 4.70. The van der Waals surface area contributed by atoms with E-state index in [4.69, 9.17) is 17.4 Å². The van der Waals surface area contributed by atoms with Crippen LogP contribution in [0.2, 0.25) is 0 Å². The van der Waals surface area contributed by atoms with Gasteiger partial charge in [0.2, 0.25) is 0 Å². The highest BCUT2D eigenvalue weighted by Gasteiger charge is 2.12. The first-order chi connectivity index (χ1) is 12.7. The van der Waals surface area contributed by atoms with E-state index in [1.54, 1.807) is 18.2 Å². The van der Waals surface area contributed by atoms with Crippen LogP contribution < -0.4 is 5.73 Å². The molecule has 0 bridgehead atoms. The van der Waals surface area contributed by atoms with E-state index in [2.05, 4.69) is 26.9 Å². The maximum Gasteiger partial charge on any atom is 0.163 e. The summed E-state index contributed by atoms with van der Waals surface area (Å²) in [5.41, 5.74) is 10.4. The van der Waals surface area contributed by atoms with Crippen molar-refractivity contribution in [3.8, 4) is 41.2 Å². The molecular formula is C20H11N5S. The van der Waals surface area contributed by atoms with Gasteiger partial charge in [-0.2, -0.15) is 5.26 Å². The molecule has 26 heavy (non-hydrogen) atoms. The van der Waals surface area contributed by atoms with Gasteiger partial charge in [-0.05, 0) is 24.3 Å². The molecule has 6 heteroatoms. The molecule has 5 rings (SSSR count). The van der Waals surface area contributed by atoms with Crippen molar-refractivity contribution in [1.29, 1.82) is 5.26 Å². The summed E-state index contributed by atoms with van der Waals surface area (Å²) < 4.78 is 0. The summed E-state index contributed by atoms with van der Waals surface area (Å²) in [6, 6.07) is 15.2. The lowest BCUT2D eigenvalue weighted by Gasteiger charge is -2.03. The summed E-state index contributed by atoms with van der Waals surface area (Å²) in [5, 5.41) is 11.5. The fourth-order valence-corrected chi connectivity index (χ4v) is 3.40. The second-order valence-corrected chi connectivity index (χ2v) is 6.37. The predicted octanol–water partition coefficient (Wildman–Crippen LogP) is 3.86. The number of anilines is 1. The smallest absolute Gasteiger partial charge is 0.163 e. The van der Waals surface area contributed by atoms with Gasteiger partial charge >= 0.3 is 0 Å². The summed E-state index contributed by atoms with van der Waals surface area (Å²) in [6.07, 6.45) is 5.43. The summed E-state index contributed by atoms with van der Waals surface area (Å²) in [4.78, 5) is 13.5. The minimum absolute atomic E-state index is 0.363. The van der Waals surface area contributed by atoms with E-state index in [1.165, 1.54) is 22.7 Å². The average molecular weight is 353 g/mol. The standard InChI is InChI=1S/C15H8N4S.C5H3N/c1-2-10-8-20-15-12(10)13(17)18-14(19-15)11-5-3-4-9(6-11)7-16;1-2-4-5(3-1)6-4/h1,3-6,8H,(H2,17,18,19);1-3H. The zero-order chi connectivity index (χ0) is 18.1. The Morgan fingerprint density at radius 2 is 1.81 bits per heavy atom. The number of nitrogens with zero attached hydrogens (tertiary/aromatic N) is 4. The predicted molar refractivity (Wildman–Crippen MR) is 103 cm³/mol. The van der Waals surface area contributed by atoms with Crippen LogP contribution in [0.4, 0.5) is 5.82 Å². The summed E-state index contributed by atoms with van der Waals surface area (Å²) in [7, 11) is 0. The van der Waals surface area contributed by atoms with Gasteiger partial charge in [-0.1, -0.05) is 24.1 Å². The molecule has 3 heterocycles. The van der Waals surface area contributed by atoms with Gasteiger partial charge < -0.3 is 5.73 Å². The molecule has 2 aromatic heterocycles. The van der Waals surface area contributed by atoms with Gasteiger partial charge in [0, 0.05) is 16.5 Å². The summed E-state index contributed by atoms with van der Waals surface area (Å²) in [5.74, 6) is 3.44. The largest absolute Gasteiger partial charge is 0.383 e. The van der Waals surface area contributed by atoms with Crippen molar-refractivity contribution in [2.45, 2.75) is 0 Å². The molecule has 0 fully saturated rings. The van der Waals surface area contributed by atoms with Gasteiger partial charge in [0.05, 0.1) is 28.4 Å². The van der Waals surface area contributed by atoms with E-state index in [0.717, 1.165) is 15.8 Å². The Bertz CT molecular complexity index is 1210. The second kappa shape index (κ2) is 6.29. The topological polar surface area (TPSA) is 88.5 Å². The molecule has 5 nitrogen and oxygen atoms in total. The second-order valence-electron chi connectivity index (χ2n) is 5.51. The number of hydrogen-bond acceptors (Lipinski definition) is 6. The Morgan fingerprint density at radius 1 is 1.04 bits per heavy atom. The molecule has 0 spiro atoms. The van der Waals surface area contributed by atoms with Crippen LogP contribution in [0.3, 0.4) is 0 Å². The molecule has 0 atom stereocenters. The molecule has 2 N–H and O–H groups in total. The first-order valence-corrected chi connectivity index (χ1v) is 8.57. The number of benzene rings is 1. The van der Waals surface area contributed by atoms with Crippen LogP contribution in [0.25, 0.3) is 33.0 Å². The summed E-state index contributed by atoms with van der Waals surface area (Å²) in [6.45, 7) is 0. The van der Waals surface area contributed by atoms with Crippen LogP contribution in [0.15, 0.2) is 47.8 Å². The van der Waals surface area contributed by atoms with Crippen molar-refractivity contribution in [3.63, 3.8) is 0 Å². The Kier molecular flexibility index (Phi) is 3.81. The highest BCUT2D eigenvalue weighted by molar-refractivity contribution is 7.17. The van der Waals surface area contributed by atoms with Gasteiger partial charge in [-0.25, -0.2) is 15.0 Å². The van der Waals surface area contributed by atoms with E-state index >= 15 is 0 Å². The lowest BCUT2D eigenvalue weighted by Crippen LogP contribution is -1.97. The number of nitrogens with two attached hydrogens (primary N) is 1. The molecule has 1 aliphatic carbocycles. The maximum absolute atomic E-state index is 8.93. The monoisotopic (exact) mass is 353 g/mol. The number of hydrogen-bond donors (Lipinski definition) is 1. The minimum atomic E-state index is 0.363. The number of nitriles is 1. The van der Waals surface area contributed by atoms with Crippen molar-refractivity contribution in [3.05, 3.63) is 59.0 Å². The van der Waals surface area contributed by atoms with Crippen LogP contribution in [0, 0.1) is 23.7 Å². The number of aromatic nitrogens is 3. The van der Waals surface area contributed by atoms with Gasteiger partial charge in [-0.15, -0.1) is 17.8 Å². The normalized spacial score (nSPS) is 10.4. The number of pyridine rings is 1. The lowest BCUT2D eigenvalue weighted by atomic mass is 10.1. The Morgan fingerprint density at radius 3 is 2.42 bits per heavy atom. The fourth-order valence-electron chi connectivity index (χ4n) is 2.51. The van der Waals surface area contributed by atoms with Crippen molar-refractivity contribution in [1.82, 2.24) is 15.0 Å². The lowest BCUT2D eigenvalue weighted by molar-refractivity contribution is 1.24. The fraction of sp³-hybridized carbons (Fsp3) is 0. The first kappa shape index (κ1) is 15.8. The quantitative estimate of drug-likeness (QED) is 0.462. The number of terminal acetylenes is 1. The van der Waals surface area contributed by atoms with Crippen molar-refractivity contribution in [2.75, 3.05) is 5.73 Å². The molecule has 0 saturated carbocycles. The van der Waals surface area contributed by atoms with E-state index in [1.807, 2.05) is 29.6 Å². The molecule has 0 unspecified atom stereocenters. The van der Waals surface area contributed by atoms with Gasteiger partial charge in [0.15, 0.2) is 5.82 Å². The van der Waals surface area contributed by atoms with E-state index in [-0.39, 0.29) is 0 Å². The van der Waals surface area contributed by atoms with Gasteiger partial charge in [0.25, 0.3) is 0 Å². The molecule has 1 aliphatic heterocycles. The van der Waals surface area contributed by atoms with Crippen LogP contribution in [-0.4, -0.2) is 15.0 Å².